The van der Waals surface area contributed by atoms with Crippen LogP contribution in [0.3, 0.4) is 0 Å². The predicted molar refractivity (Wildman–Crippen MR) is 233 cm³/mol. The Morgan fingerprint density at radius 2 is 0.709 bits per heavy atom. The molecule has 318 valence electrons. The van der Waals surface area contributed by atoms with E-state index in [0.717, 1.165) is 44.9 Å². The highest BCUT2D eigenvalue weighted by molar-refractivity contribution is 5.71. The first kappa shape index (κ1) is 52.4. The smallest absolute Gasteiger partial charge is 0.306 e. The Bertz CT molecular complexity index is 980. The number of hydrogen-bond donors (Lipinski definition) is 0. The van der Waals surface area contributed by atoms with Gasteiger partial charge in [0.25, 0.3) is 0 Å². The molecule has 0 saturated heterocycles. The minimum Gasteiger partial charge on any atom is -0.462 e. The molecule has 0 aliphatic heterocycles. The van der Waals surface area contributed by atoms with E-state index in [0.29, 0.717) is 25.7 Å². The monoisotopic (exact) mass is 771 g/mol. The molecule has 0 N–H and O–H groups in total. The third-order valence-corrected chi connectivity index (χ3v) is 9.79. The van der Waals surface area contributed by atoms with Gasteiger partial charge in [-0.05, 0) is 83.5 Å². The molecule has 0 aliphatic carbocycles. The van der Waals surface area contributed by atoms with E-state index >= 15 is 0 Å². The Morgan fingerprint density at radius 3 is 1.18 bits per heavy atom. The van der Waals surface area contributed by atoms with Crippen LogP contribution in [-0.2, 0) is 28.6 Å². The van der Waals surface area contributed by atoms with Crippen molar-refractivity contribution >= 4 is 17.9 Å². The molecule has 0 aromatic heterocycles. The fourth-order valence-corrected chi connectivity index (χ4v) is 6.26. The first-order chi connectivity index (χ1) is 27.0. The first-order valence-corrected chi connectivity index (χ1v) is 23.1. The van der Waals surface area contributed by atoms with E-state index < -0.39 is 6.10 Å². The molecular weight excluding hydrogens is 685 g/mol. The SMILES string of the molecule is CCCCCC/C=C\CCCCCCCCCC(=O)OCC(COC(=O)CCC/C=C\CCCCCC)OC(=O)CC/C=C\C/C=C\CCCCCCCC. The summed E-state index contributed by atoms with van der Waals surface area (Å²) in [7, 11) is 0. The highest BCUT2D eigenvalue weighted by Crippen LogP contribution is 2.13. The zero-order valence-corrected chi connectivity index (χ0v) is 36.2. The minimum absolute atomic E-state index is 0.106. The molecule has 0 aliphatic rings. The van der Waals surface area contributed by atoms with E-state index in [9.17, 15) is 14.4 Å². The first-order valence-electron chi connectivity index (χ1n) is 23.1. The van der Waals surface area contributed by atoms with E-state index in [1.54, 1.807) is 0 Å². The van der Waals surface area contributed by atoms with Gasteiger partial charge in [-0.15, -0.1) is 0 Å². The molecular formula is C49H86O6. The van der Waals surface area contributed by atoms with Gasteiger partial charge in [-0.1, -0.05) is 172 Å². The van der Waals surface area contributed by atoms with Gasteiger partial charge in [0.05, 0.1) is 0 Å². The summed E-state index contributed by atoms with van der Waals surface area (Å²) in [5.41, 5.74) is 0. The third kappa shape index (κ3) is 42.4. The number of ether oxygens (including phenoxy) is 3. The topological polar surface area (TPSA) is 78.9 Å². The Kier molecular flexibility index (Phi) is 42.0. The molecule has 6 nitrogen and oxygen atoms in total. The number of esters is 3. The summed E-state index contributed by atoms with van der Waals surface area (Å²) in [5, 5.41) is 0. The molecule has 0 aromatic carbocycles. The molecule has 1 atom stereocenters. The minimum atomic E-state index is -0.812. The van der Waals surface area contributed by atoms with Crippen LogP contribution >= 0.6 is 0 Å². The van der Waals surface area contributed by atoms with Crippen molar-refractivity contribution in [2.75, 3.05) is 13.2 Å². The summed E-state index contributed by atoms with van der Waals surface area (Å²) in [4.78, 5) is 37.6. The van der Waals surface area contributed by atoms with Crippen LogP contribution in [-0.4, -0.2) is 37.2 Å². The zero-order valence-electron chi connectivity index (χ0n) is 36.2. The molecule has 0 saturated carbocycles. The van der Waals surface area contributed by atoms with Gasteiger partial charge in [0.1, 0.15) is 13.2 Å². The number of carbonyl (C=O) groups is 3. The lowest BCUT2D eigenvalue weighted by molar-refractivity contribution is -0.166. The molecule has 0 fully saturated rings. The maximum absolute atomic E-state index is 12.7. The average Bonchev–Trinajstić information content (AvgIpc) is 3.18. The fourth-order valence-electron chi connectivity index (χ4n) is 6.26. The van der Waals surface area contributed by atoms with Crippen LogP contribution in [0, 0.1) is 0 Å². The summed E-state index contributed by atoms with van der Waals surface area (Å²) >= 11 is 0. The van der Waals surface area contributed by atoms with Gasteiger partial charge in [-0.2, -0.15) is 0 Å². The Balaban J connectivity index is 4.44. The predicted octanol–water partition coefficient (Wildman–Crippen LogP) is 14.8. The summed E-state index contributed by atoms with van der Waals surface area (Å²) in [6.07, 6.45) is 51.1. The Labute approximate surface area is 339 Å². The van der Waals surface area contributed by atoms with Crippen molar-refractivity contribution < 1.29 is 28.6 Å². The van der Waals surface area contributed by atoms with Gasteiger partial charge in [-0.25, -0.2) is 0 Å². The van der Waals surface area contributed by atoms with Crippen LogP contribution in [0.5, 0.6) is 0 Å². The third-order valence-electron chi connectivity index (χ3n) is 9.79. The molecule has 55 heavy (non-hydrogen) atoms. The molecule has 0 rings (SSSR count). The van der Waals surface area contributed by atoms with Crippen molar-refractivity contribution in [3.05, 3.63) is 48.6 Å². The lowest BCUT2D eigenvalue weighted by atomic mass is 10.1. The average molecular weight is 771 g/mol. The molecule has 0 spiro atoms. The molecule has 0 amide bonds. The van der Waals surface area contributed by atoms with E-state index in [1.165, 1.54) is 128 Å². The molecule has 0 heterocycles. The van der Waals surface area contributed by atoms with Gasteiger partial charge in [0.2, 0.25) is 0 Å². The van der Waals surface area contributed by atoms with Gasteiger partial charge in [0, 0.05) is 19.3 Å². The summed E-state index contributed by atoms with van der Waals surface area (Å²) in [6.45, 7) is 6.49. The number of allylic oxidation sites excluding steroid dienone is 8. The quantitative estimate of drug-likeness (QED) is 0.0267. The maximum Gasteiger partial charge on any atom is 0.306 e. The van der Waals surface area contributed by atoms with Crippen molar-refractivity contribution in [3.63, 3.8) is 0 Å². The van der Waals surface area contributed by atoms with E-state index in [1.807, 2.05) is 6.08 Å². The Morgan fingerprint density at radius 1 is 0.364 bits per heavy atom. The van der Waals surface area contributed by atoms with Crippen molar-refractivity contribution in [1.29, 1.82) is 0 Å². The van der Waals surface area contributed by atoms with Crippen LogP contribution in [0.15, 0.2) is 48.6 Å². The Hall–Kier alpha value is -2.63. The van der Waals surface area contributed by atoms with Crippen molar-refractivity contribution in [2.45, 2.75) is 232 Å². The number of unbranched alkanes of at least 4 members (excludes halogenated alkanes) is 22. The zero-order chi connectivity index (χ0) is 40.1. The van der Waals surface area contributed by atoms with Crippen molar-refractivity contribution in [3.8, 4) is 0 Å². The second kappa shape index (κ2) is 44.1. The molecule has 6 heteroatoms. The van der Waals surface area contributed by atoms with Crippen LogP contribution in [0.2, 0.25) is 0 Å². The van der Waals surface area contributed by atoms with Gasteiger partial charge in [0.15, 0.2) is 6.10 Å². The highest BCUT2D eigenvalue weighted by atomic mass is 16.6. The highest BCUT2D eigenvalue weighted by Gasteiger charge is 2.19. The van der Waals surface area contributed by atoms with Crippen molar-refractivity contribution in [1.82, 2.24) is 0 Å². The fraction of sp³-hybridized carbons (Fsp3) is 0.776. The number of hydrogen-bond acceptors (Lipinski definition) is 6. The van der Waals surface area contributed by atoms with Gasteiger partial charge in [-0.3, -0.25) is 14.4 Å². The van der Waals surface area contributed by atoms with E-state index in [4.69, 9.17) is 14.2 Å². The number of rotatable bonds is 41. The van der Waals surface area contributed by atoms with Gasteiger partial charge >= 0.3 is 17.9 Å². The summed E-state index contributed by atoms with van der Waals surface area (Å²) in [5.74, 6) is -1.02. The van der Waals surface area contributed by atoms with Crippen LogP contribution in [0.1, 0.15) is 226 Å². The van der Waals surface area contributed by atoms with Gasteiger partial charge < -0.3 is 14.2 Å². The normalized spacial score (nSPS) is 12.4. The lowest BCUT2D eigenvalue weighted by Crippen LogP contribution is -2.30. The second-order valence-electron chi connectivity index (χ2n) is 15.3. The van der Waals surface area contributed by atoms with Crippen LogP contribution in [0.4, 0.5) is 0 Å². The molecule has 1 unspecified atom stereocenters. The van der Waals surface area contributed by atoms with Crippen LogP contribution in [0.25, 0.3) is 0 Å². The number of carbonyl (C=O) groups excluding carboxylic acids is 3. The van der Waals surface area contributed by atoms with Crippen LogP contribution < -0.4 is 0 Å². The van der Waals surface area contributed by atoms with E-state index in [-0.39, 0.29) is 37.5 Å². The largest absolute Gasteiger partial charge is 0.462 e. The summed E-state index contributed by atoms with van der Waals surface area (Å²) < 4.78 is 16.6. The maximum atomic E-state index is 12.7. The molecule has 0 radical (unpaired) electrons. The molecule has 0 bridgehead atoms. The standard InChI is InChI=1S/C49H86O6/c1-4-7-10-13-16-19-21-23-24-26-27-30-33-36-39-42-48(51)54-45-46(44-53-47(50)41-38-35-32-29-18-15-12-9-6-3)55-49(52)43-40-37-34-31-28-25-22-20-17-14-11-8-5-2/h19,21,25,28-29,32,34,37,46H,4-18,20,22-24,26-27,30-31,33,35-36,38-45H2,1-3H3/b21-19-,28-25-,32-29-,37-34-. The van der Waals surface area contributed by atoms with Crippen molar-refractivity contribution in [2.24, 2.45) is 0 Å². The summed E-state index contributed by atoms with van der Waals surface area (Å²) in [6, 6.07) is 0. The van der Waals surface area contributed by atoms with E-state index in [2.05, 4.69) is 63.3 Å². The lowest BCUT2D eigenvalue weighted by Gasteiger charge is -2.18. The second-order valence-corrected chi connectivity index (χ2v) is 15.3. The molecule has 0 aromatic rings.